The molecule has 1 unspecified atom stereocenters. The van der Waals surface area contributed by atoms with Gasteiger partial charge in [0.05, 0.1) is 4.90 Å². The van der Waals surface area contributed by atoms with E-state index in [9.17, 15) is 8.42 Å². The molecule has 2 aromatic carbocycles. The zero-order chi connectivity index (χ0) is 15.5. The monoisotopic (exact) mass is 304 g/mol. The molecule has 0 saturated heterocycles. The van der Waals surface area contributed by atoms with E-state index in [0.717, 1.165) is 12.1 Å². The predicted octanol–water partition coefficient (Wildman–Crippen LogP) is 2.49. The molecule has 0 bridgehead atoms. The molecule has 0 aliphatic rings. The number of sulfonamides is 1. The molecule has 4 nitrogen and oxygen atoms in total. The fourth-order valence-electron chi connectivity index (χ4n) is 2.16. The van der Waals surface area contributed by atoms with E-state index in [2.05, 4.69) is 30.4 Å². The lowest BCUT2D eigenvalue weighted by atomic mass is 10.1. The van der Waals surface area contributed by atoms with Gasteiger partial charge < -0.3 is 5.32 Å². The quantitative estimate of drug-likeness (QED) is 0.891. The first-order valence-corrected chi connectivity index (χ1v) is 8.32. The summed E-state index contributed by atoms with van der Waals surface area (Å²) in [7, 11) is -3.63. The molecule has 0 aliphatic carbocycles. The first-order chi connectivity index (χ1) is 9.86. The second-order valence-electron chi connectivity index (χ2n) is 5.21. The summed E-state index contributed by atoms with van der Waals surface area (Å²) in [5.74, 6) is 0. The lowest BCUT2D eigenvalue weighted by Crippen LogP contribution is -2.18. The van der Waals surface area contributed by atoms with Crippen molar-refractivity contribution in [3.05, 3.63) is 65.2 Å². The van der Waals surface area contributed by atoms with Gasteiger partial charge in [-0.3, -0.25) is 0 Å². The molecule has 1 atom stereocenters. The molecule has 0 aromatic heterocycles. The Morgan fingerprint density at radius 3 is 2.38 bits per heavy atom. The summed E-state index contributed by atoms with van der Waals surface area (Å²) in [6.07, 6.45) is 0. The first kappa shape index (κ1) is 15.7. The maximum Gasteiger partial charge on any atom is 0.238 e. The summed E-state index contributed by atoms with van der Waals surface area (Å²) < 4.78 is 22.4. The van der Waals surface area contributed by atoms with Crippen LogP contribution < -0.4 is 10.5 Å². The van der Waals surface area contributed by atoms with Gasteiger partial charge in [0.1, 0.15) is 0 Å². The maximum atomic E-state index is 11.2. The average Bonchev–Trinajstić information content (AvgIpc) is 2.44. The van der Waals surface area contributed by atoms with E-state index in [4.69, 9.17) is 5.14 Å². The Morgan fingerprint density at radius 1 is 1.14 bits per heavy atom. The zero-order valence-electron chi connectivity index (χ0n) is 12.2. The topological polar surface area (TPSA) is 72.2 Å². The standard InChI is InChI=1S/C16H20N2O2S/c1-12-4-3-5-14(10-12)11-18-13(2)15-6-8-16(9-7-15)21(17,19)20/h3-10,13,18H,11H2,1-2H3,(H2,17,19,20). The molecule has 2 aromatic rings. The van der Waals surface area contributed by atoms with Crippen LogP contribution in [0.1, 0.15) is 29.7 Å². The van der Waals surface area contributed by atoms with E-state index in [1.807, 2.05) is 13.0 Å². The van der Waals surface area contributed by atoms with Crippen molar-refractivity contribution < 1.29 is 8.42 Å². The van der Waals surface area contributed by atoms with Crippen molar-refractivity contribution in [2.45, 2.75) is 31.3 Å². The minimum Gasteiger partial charge on any atom is -0.306 e. The Labute approximate surface area is 126 Å². The summed E-state index contributed by atoms with van der Waals surface area (Å²) in [6, 6.07) is 15.1. The highest BCUT2D eigenvalue weighted by atomic mass is 32.2. The van der Waals surface area contributed by atoms with Crippen LogP contribution >= 0.6 is 0 Å². The fraction of sp³-hybridized carbons (Fsp3) is 0.250. The number of hydrogen-bond donors (Lipinski definition) is 2. The minimum atomic E-state index is -3.63. The fourth-order valence-corrected chi connectivity index (χ4v) is 2.67. The largest absolute Gasteiger partial charge is 0.306 e. The summed E-state index contributed by atoms with van der Waals surface area (Å²) in [5, 5.41) is 8.51. The molecule has 0 aliphatic heterocycles. The molecule has 112 valence electrons. The molecule has 0 saturated carbocycles. The SMILES string of the molecule is Cc1cccc(CNC(C)c2ccc(S(N)(=O)=O)cc2)c1. The lowest BCUT2D eigenvalue weighted by Gasteiger charge is -2.15. The zero-order valence-corrected chi connectivity index (χ0v) is 13.0. The number of primary sulfonamides is 1. The molecular formula is C16H20N2O2S. The molecule has 0 heterocycles. The normalized spacial score (nSPS) is 13.1. The van der Waals surface area contributed by atoms with Gasteiger partial charge in [-0.15, -0.1) is 0 Å². The first-order valence-electron chi connectivity index (χ1n) is 6.78. The van der Waals surface area contributed by atoms with Gasteiger partial charge in [-0.1, -0.05) is 42.0 Å². The number of hydrogen-bond acceptors (Lipinski definition) is 3. The van der Waals surface area contributed by atoms with E-state index in [0.29, 0.717) is 0 Å². The van der Waals surface area contributed by atoms with E-state index >= 15 is 0 Å². The molecule has 2 rings (SSSR count). The number of rotatable bonds is 5. The third-order valence-corrected chi connectivity index (χ3v) is 4.33. The van der Waals surface area contributed by atoms with Crippen molar-refractivity contribution >= 4 is 10.0 Å². The Bertz CT molecular complexity index is 709. The van der Waals surface area contributed by atoms with Crippen molar-refractivity contribution in [3.8, 4) is 0 Å². The van der Waals surface area contributed by atoms with Gasteiger partial charge in [-0.05, 0) is 37.1 Å². The van der Waals surface area contributed by atoms with E-state index in [1.165, 1.54) is 23.3 Å². The number of benzene rings is 2. The molecular weight excluding hydrogens is 284 g/mol. The summed E-state index contributed by atoms with van der Waals surface area (Å²) in [5.41, 5.74) is 3.48. The molecule has 0 fully saturated rings. The molecule has 5 heteroatoms. The van der Waals surface area contributed by atoms with Crippen molar-refractivity contribution in [3.63, 3.8) is 0 Å². The Kier molecular flexibility index (Phi) is 4.77. The highest BCUT2D eigenvalue weighted by Gasteiger charge is 2.09. The molecule has 21 heavy (non-hydrogen) atoms. The van der Waals surface area contributed by atoms with Crippen LogP contribution in [0.15, 0.2) is 53.4 Å². The number of nitrogens with one attached hydrogen (secondary N) is 1. The third-order valence-electron chi connectivity index (χ3n) is 3.40. The summed E-state index contributed by atoms with van der Waals surface area (Å²) in [4.78, 5) is 0.136. The summed E-state index contributed by atoms with van der Waals surface area (Å²) in [6.45, 7) is 4.88. The van der Waals surface area contributed by atoms with Crippen LogP contribution in [0.2, 0.25) is 0 Å². The van der Waals surface area contributed by atoms with Crippen LogP contribution in [0.25, 0.3) is 0 Å². The van der Waals surface area contributed by atoms with Crippen molar-refractivity contribution in [1.29, 1.82) is 0 Å². The molecule has 3 N–H and O–H groups in total. The van der Waals surface area contributed by atoms with Crippen LogP contribution in [0, 0.1) is 6.92 Å². The second-order valence-corrected chi connectivity index (χ2v) is 6.77. The van der Waals surface area contributed by atoms with Gasteiger partial charge in [0, 0.05) is 12.6 Å². The van der Waals surface area contributed by atoms with Gasteiger partial charge in [0.25, 0.3) is 0 Å². The Balaban J connectivity index is 2.02. The number of aryl methyl sites for hydroxylation is 1. The van der Waals surface area contributed by atoms with Gasteiger partial charge >= 0.3 is 0 Å². The Hall–Kier alpha value is -1.69. The minimum absolute atomic E-state index is 0.125. The molecule has 0 radical (unpaired) electrons. The van der Waals surface area contributed by atoms with E-state index < -0.39 is 10.0 Å². The van der Waals surface area contributed by atoms with Crippen LogP contribution in [0.4, 0.5) is 0 Å². The second kappa shape index (κ2) is 6.39. The maximum absolute atomic E-state index is 11.2. The average molecular weight is 304 g/mol. The highest BCUT2D eigenvalue weighted by Crippen LogP contribution is 2.16. The van der Waals surface area contributed by atoms with Gasteiger partial charge in [-0.2, -0.15) is 0 Å². The van der Waals surface area contributed by atoms with Crippen molar-refractivity contribution in [2.24, 2.45) is 5.14 Å². The number of nitrogens with two attached hydrogens (primary N) is 1. The summed E-state index contributed by atoms with van der Waals surface area (Å²) >= 11 is 0. The molecule has 0 amide bonds. The lowest BCUT2D eigenvalue weighted by molar-refractivity contribution is 0.573. The molecule has 0 spiro atoms. The van der Waals surface area contributed by atoms with Crippen molar-refractivity contribution in [2.75, 3.05) is 0 Å². The van der Waals surface area contributed by atoms with Crippen LogP contribution in [-0.2, 0) is 16.6 Å². The predicted molar refractivity (Wildman–Crippen MR) is 84.2 cm³/mol. The van der Waals surface area contributed by atoms with E-state index in [-0.39, 0.29) is 10.9 Å². The Morgan fingerprint density at radius 2 is 1.81 bits per heavy atom. The van der Waals surface area contributed by atoms with Gasteiger partial charge in [-0.25, -0.2) is 13.6 Å². The highest BCUT2D eigenvalue weighted by molar-refractivity contribution is 7.89. The van der Waals surface area contributed by atoms with E-state index in [1.54, 1.807) is 12.1 Å². The third kappa shape index (κ3) is 4.39. The van der Waals surface area contributed by atoms with Gasteiger partial charge in [0.2, 0.25) is 10.0 Å². The van der Waals surface area contributed by atoms with Crippen molar-refractivity contribution in [1.82, 2.24) is 5.32 Å². The van der Waals surface area contributed by atoms with Crippen LogP contribution in [0.5, 0.6) is 0 Å². The van der Waals surface area contributed by atoms with Crippen LogP contribution in [-0.4, -0.2) is 8.42 Å². The smallest absolute Gasteiger partial charge is 0.238 e. The van der Waals surface area contributed by atoms with Crippen LogP contribution in [0.3, 0.4) is 0 Å². The van der Waals surface area contributed by atoms with Gasteiger partial charge in [0.15, 0.2) is 0 Å².